The van der Waals surface area contributed by atoms with Crippen molar-refractivity contribution in [2.45, 2.75) is 26.4 Å². The summed E-state index contributed by atoms with van der Waals surface area (Å²) in [5.74, 6) is 0.780. The predicted octanol–water partition coefficient (Wildman–Crippen LogP) is 3.68. The second-order valence-electron chi connectivity index (χ2n) is 4.79. The Labute approximate surface area is 133 Å². The highest BCUT2D eigenvalue weighted by atomic mass is 35.5. The van der Waals surface area contributed by atoms with Crippen LogP contribution in [0.25, 0.3) is 0 Å². The van der Waals surface area contributed by atoms with Crippen LogP contribution in [-0.2, 0) is 6.42 Å². The molecule has 2 rings (SSSR count). The molecule has 0 radical (unpaired) electrons. The topological polar surface area (TPSA) is 55.2 Å². The number of nitrogens with zero attached hydrogens (tertiary/aromatic N) is 2. The van der Waals surface area contributed by atoms with Gasteiger partial charge in [0.2, 0.25) is 0 Å². The number of aliphatic hydroxyl groups is 1. The molecule has 0 bridgehead atoms. The van der Waals surface area contributed by atoms with Crippen molar-refractivity contribution in [3.8, 4) is 5.75 Å². The quantitative estimate of drug-likeness (QED) is 0.931. The number of ether oxygens (including phenoxy) is 1. The number of methoxy groups -OCH3 is 1. The molecule has 6 heteroatoms. The van der Waals surface area contributed by atoms with E-state index in [1.54, 1.807) is 19.4 Å². The molecule has 0 saturated heterocycles. The number of halogens is 2. The highest BCUT2D eigenvalue weighted by Gasteiger charge is 2.18. The third-order valence-corrected chi connectivity index (χ3v) is 3.80. The van der Waals surface area contributed by atoms with Gasteiger partial charge >= 0.3 is 0 Å². The summed E-state index contributed by atoms with van der Waals surface area (Å²) in [5, 5.41) is 11.1. The Hall–Kier alpha value is -1.36. The monoisotopic (exact) mass is 326 g/mol. The minimum Gasteiger partial charge on any atom is -0.496 e. The molecular weight excluding hydrogens is 311 g/mol. The van der Waals surface area contributed by atoms with Gasteiger partial charge in [0, 0.05) is 35.6 Å². The Kier molecular flexibility index (Phi) is 5.04. The first-order chi connectivity index (χ1) is 9.93. The molecule has 0 aliphatic carbocycles. The van der Waals surface area contributed by atoms with Crippen LogP contribution < -0.4 is 4.74 Å². The van der Waals surface area contributed by atoms with Crippen molar-refractivity contribution in [2.75, 3.05) is 7.11 Å². The van der Waals surface area contributed by atoms with E-state index in [-0.39, 0.29) is 0 Å². The molecular formula is C15H16Cl2N2O2. The largest absolute Gasteiger partial charge is 0.496 e. The lowest BCUT2D eigenvalue weighted by atomic mass is 10.0. The van der Waals surface area contributed by atoms with E-state index in [0.29, 0.717) is 22.2 Å². The van der Waals surface area contributed by atoms with Crippen LogP contribution in [0.3, 0.4) is 0 Å². The van der Waals surface area contributed by atoms with Gasteiger partial charge in [-0.25, -0.2) is 0 Å². The molecule has 1 unspecified atom stereocenters. The molecule has 0 saturated carbocycles. The van der Waals surface area contributed by atoms with Crippen LogP contribution in [0.1, 0.15) is 28.6 Å². The SMILES string of the molecule is COc1c(C)cnc(CC(O)c2ncc(Cl)cc2Cl)c1C. The highest BCUT2D eigenvalue weighted by molar-refractivity contribution is 6.34. The summed E-state index contributed by atoms with van der Waals surface area (Å²) in [4.78, 5) is 8.45. The van der Waals surface area contributed by atoms with Crippen molar-refractivity contribution >= 4 is 23.2 Å². The third-order valence-electron chi connectivity index (χ3n) is 3.29. The van der Waals surface area contributed by atoms with E-state index in [9.17, 15) is 5.11 Å². The van der Waals surface area contributed by atoms with Crippen LogP contribution in [-0.4, -0.2) is 22.2 Å². The van der Waals surface area contributed by atoms with Crippen LogP contribution >= 0.6 is 23.2 Å². The first-order valence-corrected chi connectivity index (χ1v) is 7.17. The van der Waals surface area contributed by atoms with Gasteiger partial charge in [-0.2, -0.15) is 0 Å². The van der Waals surface area contributed by atoms with E-state index < -0.39 is 6.10 Å². The lowest BCUT2D eigenvalue weighted by Gasteiger charge is -2.15. The van der Waals surface area contributed by atoms with Gasteiger partial charge in [0.1, 0.15) is 11.9 Å². The minimum absolute atomic E-state index is 0.302. The Morgan fingerprint density at radius 1 is 1.24 bits per heavy atom. The van der Waals surface area contributed by atoms with E-state index in [0.717, 1.165) is 22.6 Å². The molecule has 0 aliphatic rings. The maximum Gasteiger partial charge on any atom is 0.128 e. The summed E-state index contributed by atoms with van der Waals surface area (Å²) in [6.07, 6.45) is 2.64. The van der Waals surface area contributed by atoms with Gasteiger partial charge in [-0.1, -0.05) is 23.2 Å². The van der Waals surface area contributed by atoms with Crippen LogP contribution in [0.15, 0.2) is 18.5 Å². The molecule has 1 atom stereocenters. The molecule has 4 nitrogen and oxygen atoms in total. The highest BCUT2D eigenvalue weighted by Crippen LogP contribution is 2.29. The standard InChI is InChI=1S/C15H16Cl2N2O2/c1-8-6-18-12(9(2)15(8)21-3)5-13(20)14-11(17)4-10(16)7-19-14/h4,6-7,13,20H,5H2,1-3H3. The molecule has 2 aromatic rings. The first-order valence-electron chi connectivity index (χ1n) is 6.42. The average Bonchev–Trinajstić information content (AvgIpc) is 2.42. The second kappa shape index (κ2) is 6.60. The van der Waals surface area contributed by atoms with Crippen molar-refractivity contribution < 1.29 is 9.84 Å². The normalized spacial score (nSPS) is 12.3. The third kappa shape index (κ3) is 3.46. The van der Waals surface area contributed by atoms with Crippen LogP contribution in [0.4, 0.5) is 0 Å². The second-order valence-corrected chi connectivity index (χ2v) is 5.63. The number of pyridine rings is 2. The lowest BCUT2D eigenvalue weighted by molar-refractivity contribution is 0.172. The van der Waals surface area contributed by atoms with Gasteiger partial charge in [0.05, 0.1) is 22.8 Å². The number of aromatic nitrogens is 2. The zero-order valence-corrected chi connectivity index (χ0v) is 13.5. The van der Waals surface area contributed by atoms with Gasteiger partial charge < -0.3 is 9.84 Å². The fourth-order valence-corrected chi connectivity index (χ4v) is 2.73. The summed E-state index contributed by atoms with van der Waals surface area (Å²) >= 11 is 11.9. The fourth-order valence-electron chi connectivity index (χ4n) is 2.23. The van der Waals surface area contributed by atoms with Crippen molar-refractivity contribution in [2.24, 2.45) is 0 Å². The average molecular weight is 327 g/mol. The smallest absolute Gasteiger partial charge is 0.128 e. The number of hydrogen-bond donors (Lipinski definition) is 1. The van der Waals surface area contributed by atoms with E-state index in [4.69, 9.17) is 27.9 Å². The zero-order chi connectivity index (χ0) is 15.6. The summed E-state index contributed by atoms with van der Waals surface area (Å²) < 4.78 is 5.36. The molecule has 21 heavy (non-hydrogen) atoms. The van der Waals surface area contributed by atoms with Crippen LogP contribution in [0.2, 0.25) is 10.0 Å². The number of hydrogen-bond acceptors (Lipinski definition) is 4. The molecule has 2 aromatic heterocycles. The molecule has 0 aliphatic heterocycles. The van der Waals surface area contributed by atoms with Crippen molar-refractivity contribution in [1.82, 2.24) is 9.97 Å². The molecule has 0 spiro atoms. The Morgan fingerprint density at radius 3 is 2.57 bits per heavy atom. The van der Waals surface area contributed by atoms with E-state index in [1.807, 2.05) is 13.8 Å². The minimum atomic E-state index is -0.853. The summed E-state index contributed by atoms with van der Waals surface area (Å²) in [6.45, 7) is 3.84. The van der Waals surface area contributed by atoms with Crippen molar-refractivity contribution in [1.29, 1.82) is 0 Å². The Balaban J connectivity index is 2.29. The van der Waals surface area contributed by atoms with Crippen LogP contribution in [0, 0.1) is 13.8 Å². The molecule has 0 fully saturated rings. The van der Waals surface area contributed by atoms with Crippen molar-refractivity contribution in [3.63, 3.8) is 0 Å². The molecule has 112 valence electrons. The first kappa shape index (κ1) is 16.0. The van der Waals surface area contributed by atoms with E-state index in [2.05, 4.69) is 9.97 Å². The van der Waals surface area contributed by atoms with Gasteiger partial charge in [-0.05, 0) is 19.9 Å². The van der Waals surface area contributed by atoms with Gasteiger partial charge in [-0.15, -0.1) is 0 Å². The molecule has 2 heterocycles. The van der Waals surface area contributed by atoms with Gasteiger partial charge in [0.25, 0.3) is 0 Å². The number of rotatable bonds is 4. The predicted molar refractivity (Wildman–Crippen MR) is 83.2 cm³/mol. The summed E-state index contributed by atoms with van der Waals surface area (Å²) in [7, 11) is 1.62. The van der Waals surface area contributed by atoms with Crippen LogP contribution in [0.5, 0.6) is 5.75 Å². The zero-order valence-electron chi connectivity index (χ0n) is 12.0. The Morgan fingerprint density at radius 2 is 1.95 bits per heavy atom. The molecule has 0 aromatic carbocycles. The van der Waals surface area contributed by atoms with Gasteiger partial charge in [0.15, 0.2) is 0 Å². The maximum atomic E-state index is 10.3. The van der Waals surface area contributed by atoms with Gasteiger partial charge in [-0.3, -0.25) is 9.97 Å². The van der Waals surface area contributed by atoms with E-state index >= 15 is 0 Å². The molecule has 0 amide bonds. The lowest BCUT2D eigenvalue weighted by Crippen LogP contribution is -2.09. The number of aliphatic hydroxyl groups excluding tert-OH is 1. The Bertz CT molecular complexity index is 662. The summed E-state index contributed by atoms with van der Waals surface area (Å²) in [5.41, 5.74) is 3.00. The molecule has 1 N–H and O–H groups in total. The number of aryl methyl sites for hydroxylation is 1. The fraction of sp³-hybridized carbons (Fsp3) is 0.333. The van der Waals surface area contributed by atoms with E-state index in [1.165, 1.54) is 6.20 Å². The maximum absolute atomic E-state index is 10.3. The summed E-state index contributed by atoms with van der Waals surface area (Å²) in [6, 6.07) is 1.56. The van der Waals surface area contributed by atoms with Crippen molar-refractivity contribution in [3.05, 3.63) is 51.0 Å².